The Hall–Kier alpha value is -1.52. The van der Waals surface area contributed by atoms with Gasteiger partial charge in [-0.3, -0.25) is 19.2 Å². The lowest BCUT2D eigenvalue weighted by Gasteiger charge is -2.48. The number of hydrogen-bond donors (Lipinski definition) is 0. The fourth-order valence-corrected chi connectivity index (χ4v) is 5.61. The summed E-state index contributed by atoms with van der Waals surface area (Å²) >= 11 is 0. The summed E-state index contributed by atoms with van der Waals surface area (Å²) in [7, 11) is 0. The Balaban J connectivity index is 1.83. The molecule has 3 fully saturated rings. The van der Waals surface area contributed by atoms with E-state index < -0.39 is 0 Å². The molecule has 0 bridgehead atoms. The van der Waals surface area contributed by atoms with Gasteiger partial charge in [-0.15, -0.1) is 0 Å². The minimum Gasteiger partial charge on any atom is -0.462 e. The van der Waals surface area contributed by atoms with Gasteiger partial charge >= 0.3 is 5.97 Å². The second kappa shape index (κ2) is 7.00. The number of rotatable bonds is 1. The molecule has 0 heterocycles. The van der Waals surface area contributed by atoms with Crippen molar-refractivity contribution in [3.63, 3.8) is 0 Å². The molecule has 5 nitrogen and oxygen atoms in total. The molecule has 0 radical (unpaired) electrons. The Labute approximate surface area is 148 Å². The summed E-state index contributed by atoms with van der Waals surface area (Å²) in [6.45, 7) is 3.63. The van der Waals surface area contributed by atoms with Crippen LogP contribution in [0.25, 0.3) is 0 Å². The van der Waals surface area contributed by atoms with Crippen molar-refractivity contribution in [3.05, 3.63) is 0 Å². The molecule has 0 aromatic carbocycles. The van der Waals surface area contributed by atoms with Crippen LogP contribution in [0.5, 0.6) is 0 Å². The van der Waals surface area contributed by atoms with Gasteiger partial charge in [0.25, 0.3) is 0 Å². The lowest BCUT2D eigenvalue weighted by molar-refractivity contribution is -0.156. The summed E-state index contributed by atoms with van der Waals surface area (Å²) in [4.78, 5) is 48.0. The number of fused-ring (bicyclic) bond motifs is 3. The van der Waals surface area contributed by atoms with E-state index in [0.717, 1.165) is 25.7 Å². The fourth-order valence-electron chi connectivity index (χ4n) is 5.61. The Morgan fingerprint density at radius 1 is 1.00 bits per heavy atom. The van der Waals surface area contributed by atoms with Crippen molar-refractivity contribution in [1.29, 1.82) is 0 Å². The summed E-state index contributed by atoms with van der Waals surface area (Å²) in [6, 6.07) is 0. The second-order valence-corrected chi connectivity index (χ2v) is 8.36. The van der Waals surface area contributed by atoms with Gasteiger partial charge in [0.05, 0.1) is 6.42 Å². The maximum atomic E-state index is 12.7. The molecule has 0 aromatic heterocycles. The predicted octanol–water partition coefficient (Wildman–Crippen LogP) is 3.03. The first-order chi connectivity index (χ1) is 11.8. The van der Waals surface area contributed by atoms with E-state index in [1.165, 1.54) is 6.92 Å². The van der Waals surface area contributed by atoms with Crippen LogP contribution in [0.4, 0.5) is 0 Å². The van der Waals surface area contributed by atoms with Crippen molar-refractivity contribution in [3.8, 4) is 0 Å². The first kappa shape index (κ1) is 18.3. The van der Waals surface area contributed by atoms with Crippen LogP contribution in [0.3, 0.4) is 0 Å². The highest BCUT2D eigenvalue weighted by Crippen LogP contribution is 2.58. The van der Waals surface area contributed by atoms with Crippen molar-refractivity contribution in [2.75, 3.05) is 0 Å². The number of ether oxygens (including phenoxy) is 1. The quantitative estimate of drug-likeness (QED) is 0.538. The summed E-state index contributed by atoms with van der Waals surface area (Å²) in [5, 5.41) is 0. The van der Waals surface area contributed by atoms with Crippen LogP contribution in [0.15, 0.2) is 0 Å². The topological polar surface area (TPSA) is 77.5 Å². The van der Waals surface area contributed by atoms with E-state index in [-0.39, 0.29) is 65.9 Å². The average Bonchev–Trinajstić information content (AvgIpc) is 2.86. The average molecular weight is 348 g/mol. The molecule has 5 heteroatoms. The van der Waals surface area contributed by atoms with E-state index in [1.54, 1.807) is 0 Å². The number of carbonyl (C=O) groups excluding carboxylic acids is 4. The van der Waals surface area contributed by atoms with Crippen LogP contribution in [-0.2, 0) is 23.9 Å². The molecule has 0 N–H and O–H groups in total. The summed E-state index contributed by atoms with van der Waals surface area (Å²) in [6.07, 6.45) is 4.83. The van der Waals surface area contributed by atoms with Gasteiger partial charge in [0.2, 0.25) is 0 Å². The maximum Gasteiger partial charge on any atom is 0.302 e. The van der Waals surface area contributed by atoms with Crippen molar-refractivity contribution in [1.82, 2.24) is 0 Å². The molecule has 3 saturated carbocycles. The van der Waals surface area contributed by atoms with E-state index in [0.29, 0.717) is 18.8 Å². The lowest BCUT2D eigenvalue weighted by atomic mass is 9.57. The summed E-state index contributed by atoms with van der Waals surface area (Å²) in [5.74, 6) is 0.267. The SMILES string of the molecule is CC(=O)O[C@@H]1CC[C@H]2[C@H]3CCC(=O)CC(=O)CCC(=O)[C@@H]3CC[C@]12C. The number of hydrogen-bond acceptors (Lipinski definition) is 5. The van der Waals surface area contributed by atoms with Crippen molar-refractivity contribution in [2.24, 2.45) is 23.2 Å². The van der Waals surface area contributed by atoms with Crippen LogP contribution in [0.1, 0.15) is 71.6 Å². The first-order valence-electron chi connectivity index (χ1n) is 9.54. The molecular formula is C20H28O5. The third-order valence-electron chi connectivity index (χ3n) is 6.87. The molecule has 0 saturated heterocycles. The first-order valence-corrected chi connectivity index (χ1v) is 9.54. The van der Waals surface area contributed by atoms with Crippen molar-refractivity contribution in [2.45, 2.75) is 77.7 Å². The number of carbonyl (C=O) groups is 4. The van der Waals surface area contributed by atoms with Crippen LogP contribution < -0.4 is 0 Å². The molecule has 0 spiro atoms. The van der Waals surface area contributed by atoms with Gasteiger partial charge < -0.3 is 4.74 Å². The lowest BCUT2D eigenvalue weighted by Crippen LogP contribution is -2.46. The van der Waals surface area contributed by atoms with E-state index in [9.17, 15) is 19.2 Å². The van der Waals surface area contributed by atoms with E-state index >= 15 is 0 Å². The highest BCUT2D eigenvalue weighted by Gasteiger charge is 2.56. The Morgan fingerprint density at radius 3 is 2.44 bits per heavy atom. The third kappa shape index (κ3) is 3.56. The van der Waals surface area contributed by atoms with Crippen molar-refractivity contribution >= 4 is 23.3 Å². The van der Waals surface area contributed by atoms with Crippen LogP contribution >= 0.6 is 0 Å². The molecule has 138 valence electrons. The second-order valence-electron chi connectivity index (χ2n) is 8.36. The van der Waals surface area contributed by atoms with Gasteiger partial charge in [-0.1, -0.05) is 6.92 Å². The minimum atomic E-state index is -0.246. The van der Waals surface area contributed by atoms with Crippen LogP contribution in [0.2, 0.25) is 0 Å². The zero-order valence-corrected chi connectivity index (χ0v) is 15.2. The molecule has 25 heavy (non-hydrogen) atoms. The van der Waals surface area contributed by atoms with E-state index in [4.69, 9.17) is 4.74 Å². The van der Waals surface area contributed by atoms with Gasteiger partial charge in [0.1, 0.15) is 23.5 Å². The largest absolute Gasteiger partial charge is 0.462 e. The Morgan fingerprint density at radius 2 is 1.72 bits per heavy atom. The molecule has 0 aromatic rings. The highest BCUT2D eigenvalue weighted by molar-refractivity contribution is 6.00. The monoisotopic (exact) mass is 348 g/mol. The van der Waals surface area contributed by atoms with Gasteiger partial charge in [0.15, 0.2) is 0 Å². The third-order valence-corrected chi connectivity index (χ3v) is 6.87. The zero-order chi connectivity index (χ0) is 18.2. The van der Waals surface area contributed by atoms with Crippen molar-refractivity contribution < 1.29 is 23.9 Å². The van der Waals surface area contributed by atoms with Gasteiger partial charge in [-0.25, -0.2) is 0 Å². The van der Waals surface area contributed by atoms with Crippen LogP contribution in [0, 0.1) is 23.2 Å². The summed E-state index contributed by atoms with van der Waals surface area (Å²) in [5.41, 5.74) is -0.101. The maximum absolute atomic E-state index is 12.7. The highest BCUT2D eigenvalue weighted by atomic mass is 16.5. The van der Waals surface area contributed by atoms with E-state index in [2.05, 4.69) is 6.92 Å². The predicted molar refractivity (Wildman–Crippen MR) is 90.7 cm³/mol. The molecule has 0 aliphatic heterocycles. The zero-order valence-electron chi connectivity index (χ0n) is 15.2. The van der Waals surface area contributed by atoms with Gasteiger partial charge in [-0.05, 0) is 43.9 Å². The molecule has 3 rings (SSSR count). The van der Waals surface area contributed by atoms with E-state index in [1.807, 2.05) is 0 Å². The normalized spacial score (nSPS) is 39.5. The fraction of sp³-hybridized carbons (Fsp3) is 0.800. The Bertz CT molecular complexity index is 595. The van der Waals surface area contributed by atoms with Gasteiger partial charge in [-0.2, -0.15) is 0 Å². The smallest absolute Gasteiger partial charge is 0.302 e. The molecule has 5 atom stereocenters. The molecule has 0 amide bonds. The van der Waals surface area contributed by atoms with Gasteiger partial charge in [0, 0.05) is 37.5 Å². The molecule has 3 aliphatic rings. The molecular weight excluding hydrogens is 320 g/mol. The van der Waals surface area contributed by atoms with Crippen LogP contribution in [-0.4, -0.2) is 29.4 Å². The standard InChI is InChI=1S/C20H28O5/c1-12(21)25-19-8-6-17-15-5-3-13(22)11-14(23)4-7-18(24)16(15)9-10-20(17,19)2/h15-17,19H,3-11H2,1-2H3/t15-,16+,17-,19+,20-/m0/s1. The number of ketones is 3. The number of esters is 1. The number of Topliss-reactive ketones (excluding diaryl/α,β-unsaturated/α-hetero) is 3. The summed E-state index contributed by atoms with van der Waals surface area (Å²) < 4.78 is 5.59. The Kier molecular flexibility index (Phi) is 5.12. The minimum absolute atomic E-state index is 0.0000848. The molecule has 0 unspecified atom stereocenters. The molecule has 3 aliphatic carbocycles.